The first-order valence-corrected chi connectivity index (χ1v) is 10.5. The molecule has 2 N–H and O–H groups in total. The van der Waals surface area contributed by atoms with E-state index < -0.39 is 0 Å². The van der Waals surface area contributed by atoms with Crippen molar-refractivity contribution in [3.05, 3.63) is 83.6 Å². The van der Waals surface area contributed by atoms with Gasteiger partial charge < -0.3 is 15.4 Å². The topological polar surface area (TPSA) is 108 Å². The summed E-state index contributed by atoms with van der Waals surface area (Å²) in [4.78, 5) is 35.7. The highest BCUT2D eigenvalue weighted by Gasteiger charge is 2.34. The molecule has 1 saturated heterocycles. The van der Waals surface area contributed by atoms with Crippen LogP contribution in [0.3, 0.4) is 0 Å². The van der Waals surface area contributed by atoms with E-state index in [1.54, 1.807) is 46.7 Å². The number of ether oxygens (including phenoxy) is 1. The Hall–Kier alpha value is -4.40. The van der Waals surface area contributed by atoms with E-state index in [2.05, 4.69) is 9.97 Å². The van der Waals surface area contributed by atoms with Crippen LogP contribution in [0.1, 0.15) is 13.0 Å². The molecule has 0 spiro atoms. The smallest absolute Gasteiger partial charge is 0.335 e. The molecule has 0 atom stereocenters. The standard InChI is InChI=1S/C24H22N6O3/c1-2-6-20(31)28-13-17(14-28)30-23-21(22(25)26-15-27-23)29(24(30)32)16-9-11-19(12-10-16)33-18-7-4-3-5-8-18/h2-12,15,17H,13-14H2,1H3,(H2,25,26,27)/b6-2+. The molecule has 2 aromatic carbocycles. The molecule has 33 heavy (non-hydrogen) atoms. The Morgan fingerprint density at radius 1 is 1.06 bits per heavy atom. The number of hydrogen-bond donors (Lipinski definition) is 1. The predicted molar refractivity (Wildman–Crippen MR) is 124 cm³/mol. The van der Waals surface area contributed by atoms with Gasteiger partial charge in [0.05, 0.1) is 11.7 Å². The number of allylic oxidation sites excluding steroid dienone is 1. The highest BCUT2D eigenvalue weighted by molar-refractivity contribution is 5.88. The lowest BCUT2D eigenvalue weighted by Gasteiger charge is -2.38. The molecule has 9 heteroatoms. The van der Waals surface area contributed by atoms with Crippen LogP contribution in [0.25, 0.3) is 16.9 Å². The zero-order chi connectivity index (χ0) is 22.9. The van der Waals surface area contributed by atoms with Crippen LogP contribution >= 0.6 is 0 Å². The average Bonchev–Trinajstić information content (AvgIpc) is 3.08. The number of aromatic nitrogens is 4. The lowest BCUT2D eigenvalue weighted by Crippen LogP contribution is -2.52. The fourth-order valence-corrected chi connectivity index (χ4v) is 3.97. The molecule has 5 rings (SSSR count). The number of likely N-dealkylation sites (tertiary alicyclic amines) is 1. The third-order valence-corrected chi connectivity index (χ3v) is 5.60. The number of amides is 1. The zero-order valence-electron chi connectivity index (χ0n) is 18.0. The second kappa shape index (κ2) is 8.27. The number of benzene rings is 2. The Morgan fingerprint density at radius 3 is 2.45 bits per heavy atom. The Bertz CT molecular complexity index is 1400. The molecule has 3 heterocycles. The molecule has 1 aliphatic heterocycles. The van der Waals surface area contributed by atoms with Crippen LogP contribution in [0.4, 0.5) is 5.82 Å². The molecule has 4 aromatic rings. The summed E-state index contributed by atoms with van der Waals surface area (Å²) in [5.74, 6) is 1.50. The number of nitrogen functional groups attached to an aromatic ring is 1. The summed E-state index contributed by atoms with van der Waals surface area (Å²) in [7, 11) is 0. The minimum Gasteiger partial charge on any atom is -0.457 e. The first-order valence-electron chi connectivity index (χ1n) is 10.5. The van der Waals surface area contributed by atoms with Crippen LogP contribution in [-0.4, -0.2) is 43.0 Å². The van der Waals surface area contributed by atoms with Gasteiger partial charge in [0.15, 0.2) is 11.5 Å². The van der Waals surface area contributed by atoms with E-state index in [4.69, 9.17) is 10.5 Å². The molecule has 0 bridgehead atoms. The van der Waals surface area contributed by atoms with Crippen molar-refractivity contribution >= 4 is 22.9 Å². The van der Waals surface area contributed by atoms with Crippen molar-refractivity contribution < 1.29 is 9.53 Å². The quantitative estimate of drug-likeness (QED) is 0.476. The van der Waals surface area contributed by atoms with Crippen molar-refractivity contribution in [3.8, 4) is 17.2 Å². The molecule has 0 saturated carbocycles. The molecule has 1 amide bonds. The van der Waals surface area contributed by atoms with Crippen LogP contribution < -0.4 is 16.2 Å². The number of hydrogen-bond acceptors (Lipinski definition) is 6. The summed E-state index contributed by atoms with van der Waals surface area (Å²) in [6.07, 6.45) is 4.56. The second-order valence-electron chi connectivity index (χ2n) is 7.73. The molecular formula is C24H22N6O3. The minimum absolute atomic E-state index is 0.0753. The van der Waals surface area contributed by atoms with E-state index in [1.165, 1.54) is 17.0 Å². The van der Waals surface area contributed by atoms with Crippen LogP contribution in [0.5, 0.6) is 11.5 Å². The lowest BCUT2D eigenvalue weighted by atomic mass is 10.1. The molecular weight excluding hydrogens is 420 g/mol. The van der Waals surface area contributed by atoms with E-state index in [9.17, 15) is 9.59 Å². The van der Waals surface area contributed by atoms with Crippen LogP contribution in [0.2, 0.25) is 0 Å². The van der Waals surface area contributed by atoms with Crippen LogP contribution in [-0.2, 0) is 4.79 Å². The number of anilines is 1. The van der Waals surface area contributed by atoms with E-state index in [0.29, 0.717) is 35.7 Å². The Balaban J connectivity index is 1.51. The van der Waals surface area contributed by atoms with Crippen molar-refractivity contribution in [3.63, 3.8) is 0 Å². The molecule has 1 aliphatic rings. The van der Waals surface area contributed by atoms with Gasteiger partial charge in [-0.1, -0.05) is 24.3 Å². The normalized spacial score (nSPS) is 14.0. The SMILES string of the molecule is C/C=C/C(=O)N1CC(n2c(=O)n(-c3ccc(Oc4ccccc4)cc3)c3c(N)ncnc32)C1. The summed E-state index contributed by atoms with van der Waals surface area (Å²) < 4.78 is 8.96. The number of rotatable bonds is 5. The Kier molecular flexibility index (Phi) is 5.14. The fraction of sp³-hybridized carbons (Fsp3) is 0.167. The Labute approximate surface area is 189 Å². The number of carbonyl (C=O) groups is 1. The monoisotopic (exact) mass is 442 g/mol. The van der Waals surface area contributed by atoms with E-state index in [1.807, 2.05) is 30.3 Å². The van der Waals surface area contributed by atoms with Gasteiger partial charge in [0, 0.05) is 13.1 Å². The van der Waals surface area contributed by atoms with Gasteiger partial charge in [-0.3, -0.25) is 13.9 Å². The number of nitrogens with two attached hydrogens (primary N) is 1. The van der Waals surface area contributed by atoms with Crippen molar-refractivity contribution in [1.29, 1.82) is 0 Å². The molecule has 1 fully saturated rings. The minimum atomic E-state index is -0.280. The average molecular weight is 442 g/mol. The van der Waals surface area contributed by atoms with Crippen LogP contribution in [0.15, 0.2) is 77.9 Å². The molecule has 0 aliphatic carbocycles. The maximum absolute atomic E-state index is 13.5. The summed E-state index contributed by atoms with van der Waals surface area (Å²) in [6.45, 7) is 2.65. The van der Waals surface area contributed by atoms with Gasteiger partial charge in [-0.25, -0.2) is 14.8 Å². The third kappa shape index (κ3) is 3.63. The summed E-state index contributed by atoms with van der Waals surface area (Å²) in [5.41, 5.74) is 7.38. The molecule has 0 unspecified atom stereocenters. The Morgan fingerprint density at radius 2 is 1.76 bits per heavy atom. The van der Waals surface area contributed by atoms with Crippen molar-refractivity contribution in [2.45, 2.75) is 13.0 Å². The summed E-state index contributed by atoms with van der Waals surface area (Å²) >= 11 is 0. The van der Waals surface area contributed by atoms with Crippen molar-refractivity contribution in [1.82, 2.24) is 24.0 Å². The number of imidazole rings is 1. The predicted octanol–water partition coefficient (Wildman–Crippen LogP) is 2.92. The van der Waals surface area contributed by atoms with Gasteiger partial charge in [-0.05, 0) is 49.4 Å². The summed E-state index contributed by atoms with van der Waals surface area (Å²) in [5, 5.41) is 0. The van der Waals surface area contributed by atoms with E-state index in [-0.39, 0.29) is 23.5 Å². The lowest BCUT2D eigenvalue weighted by molar-refractivity contribution is -0.131. The van der Waals surface area contributed by atoms with Gasteiger partial charge in [-0.15, -0.1) is 0 Å². The van der Waals surface area contributed by atoms with Crippen molar-refractivity contribution in [2.75, 3.05) is 18.8 Å². The number of para-hydroxylation sites is 1. The van der Waals surface area contributed by atoms with Crippen molar-refractivity contribution in [2.24, 2.45) is 0 Å². The molecule has 0 radical (unpaired) electrons. The highest BCUT2D eigenvalue weighted by Crippen LogP contribution is 2.28. The number of carbonyl (C=O) groups excluding carboxylic acids is 1. The number of fused-ring (bicyclic) bond motifs is 1. The van der Waals surface area contributed by atoms with Crippen LogP contribution in [0, 0.1) is 0 Å². The van der Waals surface area contributed by atoms with Gasteiger partial charge in [0.2, 0.25) is 5.91 Å². The summed E-state index contributed by atoms with van der Waals surface area (Å²) in [6, 6.07) is 16.4. The first kappa shape index (κ1) is 20.5. The van der Waals surface area contributed by atoms with E-state index in [0.717, 1.165) is 5.75 Å². The zero-order valence-corrected chi connectivity index (χ0v) is 18.0. The van der Waals surface area contributed by atoms with Gasteiger partial charge in [-0.2, -0.15) is 0 Å². The first-order chi connectivity index (χ1) is 16.1. The highest BCUT2D eigenvalue weighted by atomic mass is 16.5. The molecule has 2 aromatic heterocycles. The third-order valence-electron chi connectivity index (χ3n) is 5.60. The molecule has 166 valence electrons. The maximum Gasteiger partial charge on any atom is 0.335 e. The largest absolute Gasteiger partial charge is 0.457 e. The fourth-order valence-electron chi connectivity index (χ4n) is 3.97. The number of nitrogens with zero attached hydrogens (tertiary/aromatic N) is 5. The van der Waals surface area contributed by atoms with E-state index >= 15 is 0 Å². The second-order valence-corrected chi connectivity index (χ2v) is 7.73. The van der Waals surface area contributed by atoms with Gasteiger partial charge in [0.25, 0.3) is 0 Å². The maximum atomic E-state index is 13.5. The van der Waals surface area contributed by atoms with Gasteiger partial charge >= 0.3 is 5.69 Å². The van der Waals surface area contributed by atoms with Gasteiger partial charge in [0.1, 0.15) is 23.3 Å². The molecule has 9 nitrogen and oxygen atoms in total.